The molecule has 1 aromatic carbocycles. The molecule has 2 unspecified atom stereocenters. The molecule has 0 spiro atoms. The number of amides is 1. The van der Waals surface area contributed by atoms with E-state index in [2.05, 4.69) is 17.6 Å². The lowest BCUT2D eigenvalue weighted by Crippen LogP contribution is -2.51. The molecule has 0 radical (unpaired) electrons. The highest BCUT2D eigenvalue weighted by molar-refractivity contribution is 6.31. The van der Waals surface area contributed by atoms with Gasteiger partial charge in [-0.05, 0) is 44.5 Å². The Morgan fingerprint density at radius 3 is 2.90 bits per heavy atom. The number of hydrogen-bond donors (Lipinski definition) is 2. The van der Waals surface area contributed by atoms with Crippen molar-refractivity contribution >= 4 is 29.9 Å². The average molecular weight is 319 g/mol. The van der Waals surface area contributed by atoms with Crippen molar-refractivity contribution in [2.75, 3.05) is 13.7 Å². The van der Waals surface area contributed by atoms with Gasteiger partial charge in [0.1, 0.15) is 5.75 Å². The predicted molar refractivity (Wildman–Crippen MR) is 83.2 cm³/mol. The molecule has 1 amide bonds. The number of ether oxygens (including phenoxy) is 1. The standard InChI is InChI=1S/C14H19ClN2O2.ClH/c1-9-12(4-3-7-16-9)17-14(18)11-8-10(15)5-6-13(11)19-2;/h5-6,8-9,12,16H,3-4,7H2,1-2H3,(H,17,18);1H. The Kier molecular flexibility index (Phi) is 6.59. The number of carbonyl (C=O) groups excluding carboxylic acids is 1. The number of benzene rings is 1. The van der Waals surface area contributed by atoms with Crippen LogP contribution in [0.15, 0.2) is 18.2 Å². The number of methoxy groups -OCH3 is 1. The summed E-state index contributed by atoms with van der Waals surface area (Å²) in [6.07, 6.45) is 2.06. The summed E-state index contributed by atoms with van der Waals surface area (Å²) >= 11 is 5.94. The zero-order valence-electron chi connectivity index (χ0n) is 11.6. The van der Waals surface area contributed by atoms with Gasteiger partial charge in [-0.3, -0.25) is 4.79 Å². The fourth-order valence-electron chi connectivity index (χ4n) is 2.34. The Hall–Kier alpha value is -0.970. The second-order valence-corrected chi connectivity index (χ2v) is 5.25. The molecule has 0 aromatic heterocycles. The van der Waals surface area contributed by atoms with Crippen molar-refractivity contribution < 1.29 is 9.53 Å². The Balaban J connectivity index is 0.00000200. The van der Waals surface area contributed by atoms with E-state index in [0.717, 1.165) is 19.4 Å². The van der Waals surface area contributed by atoms with E-state index in [0.29, 0.717) is 16.3 Å². The second kappa shape index (κ2) is 7.72. The zero-order chi connectivity index (χ0) is 13.8. The third kappa shape index (κ3) is 4.01. The van der Waals surface area contributed by atoms with Crippen LogP contribution in [0.25, 0.3) is 0 Å². The minimum Gasteiger partial charge on any atom is -0.496 e. The first kappa shape index (κ1) is 17.1. The molecule has 0 saturated carbocycles. The molecule has 1 heterocycles. The highest BCUT2D eigenvalue weighted by Crippen LogP contribution is 2.23. The van der Waals surface area contributed by atoms with Crippen LogP contribution in [0.3, 0.4) is 0 Å². The quantitative estimate of drug-likeness (QED) is 0.900. The summed E-state index contributed by atoms with van der Waals surface area (Å²) in [5.74, 6) is 0.401. The van der Waals surface area contributed by atoms with Crippen molar-refractivity contribution in [1.29, 1.82) is 0 Å². The van der Waals surface area contributed by atoms with E-state index < -0.39 is 0 Å². The molecule has 1 aliphatic heterocycles. The maximum Gasteiger partial charge on any atom is 0.255 e. The summed E-state index contributed by atoms with van der Waals surface area (Å²) in [5, 5.41) is 6.93. The normalized spacial score (nSPS) is 21.8. The summed E-state index contributed by atoms with van der Waals surface area (Å²) in [4.78, 5) is 12.3. The summed E-state index contributed by atoms with van der Waals surface area (Å²) in [5.41, 5.74) is 0.479. The highest BCUT2D eigenvalue weighted by Gasteiger charge is 2.24. The van der Waals surface area contributed by atoms with E-state index in [1.54, 1.807) is 25.3 Å². The van der Waals surface area contributed by atoms with Gasteiger partial charge in [-0.25, -0.2) is 0 Å². The minimum absolute atomic E-state index is 0. The van der Waals surface area contributed by atoms with E-state index in [1.165, 1.54) is 0 Å². The van der Waals surface area contributed by atoms with Gasteiger partial charge in [0.05, 0.1) is 12.7 Å². The molecular formula is C14H20Cl2N2O2. The Morgan fingerprint density at radius 1 is 1.50 bits per heavy atom. The van der Waals surface area contributed by atoms with Gasteiger partial charge >= 0.3 is 0 Å². The molecular weight excluding hydrogens is 299 g/mol. The largest absolute Gasteiger partial charge is 0.496 e. The van der Waals surface area contributed by atoms with Gasteiger partial charge in [0.15, 0.2) is 0 Å². The number of carbonyl (C=O) groups is 1. The van der Waals surface area contributed by atoms with Crippen molar-refractivity contribution in [2.24, 2.45) is 0 Å². The number of hydrogen-bond acceptors (Lipinski definition) is 3. The fourth-order valence-corrected chi connectivity index (χ4v) is 2.52. The Morgan fingerprint density at radius 2 is 2.25 bits per heavy atom. The SMILES string of the molecule is COc1ccc(Cl)cc1C(=O)NC1CCCNC1C.Cl. The van der Waals surface area contributed by atoms with Gasteiger partial charge in [0.2, 0.25) is 0 Å². The molecule has 2 atom stereocenters. The van der Waals surface area contributed by atoms with E-state index in [4.69, 9.17) is 16.3 Å². The summed E-state index contributed by atoms with van der Waals surface area (Å²) in [6.45, 7) is 3.09. The Bertz CT molecular complexity index is 468. The van der Waals surface area contributed by atoms with Crippen LogP contribution in [-0.2, 0) is 0 Å². The van der Waals surface area contributed by atoms with Crippen LogP contribution in [-0.4, -0.2) is 31.6 Å². The molecule has 4 nitrogen and oxygen atoms in total. The fraction of sp³-hybridized carbons (Fsp3) is 0.500. The zero-order valence-corrected chi connectivity index (χ0v) is 13.2. The number of nitrogens with one attached hydrogen (secondary N) is 2. The van der Waals surface area contributed by atoms with Crippen molar-refractivity contribution in [3.63, 3.8) is 0 Å². The van der Waals surface area contributed by atoms with E-state index >= 15 is 0 Å². The molecule has 0 bridgehead atoms. The number of piperidine rings is 1. The van der Waals surface area contributed by atoms with Crippen LogP contribution in [0.4, 0.5) is 0 Å². The van der Waals surface area contributed by atoms with E-state index in [-0.39, 0.29) is 30.4 Å². The lowest BCUT2D eigenvalue weighted by Gasteiger charge is -2.30. The molecule has 6 heteroatoms. The maximum atomic E-state index is 12.3. The van der Waals surface area contributed by atoms with Gasteiger partial charge in [0.25, 0.3) is 5.91 Å². The van der Waals surface area contributed by atoms with Crippen molar-refractivity contribution in [2.45, 2.75) is 31.8 Å². The van der Waals surface area contributed by atoms with Gasteiger partial charge in [-0.1, -0.05) is 11.6 Å². The molecule has 1 fully saturated rings. The lowest BCUT2D eigenvalue weighted by atomic mass is 9.99. The molecule has 1 aliphatic rings. The summed E-state index contributed by atoms with van der Waals surface area (Å²) in [7, 11) is 1.55. The van der Waals surface area contributed by atoms with Gasteiger partial charge in [0, 0.05) is 17.1 Å². The number of rotatable bonds is 3. The van der Waals surface area contributed by atoms with Crippen LogP contribution >= 0.6 is 24.0 Å². The first-order valence-corrected chi connectivity index (χ1v) is 6.87. The van der Waals surface area contributed by atoms with Crippen molar-refractivity contribution in [3.8, 4) is 5.75 Å². The van der Waals surface area contributed by atoms with Crippen LogP contribution in [0.1, 0.15) is 30.1 Å². The van der Waals surface area contributed by atoms with E-state index in [1.807, 2.05) is 0 Å². The van der Waals surface area contributed by atoms with Crippen LogP contribution in [0.2, 0.25) is 5.02 Å². The topological polar surface area (TPSA) is 50.4 Å². The molecule has 20 heavy (non-hydrogen) atoms. The maximum absolute atomic E-state index is 12.3. The molecule has 1 aromatic rings. The van der Waals surface area contributed by atoms with Gasteiger partial charge in [-0.15, -0.1) is 12.4 Å². The molecule has 112 valence electrons. The van der Waals surface area contributed by atoms with Crippen molar-refractivity contribution in [1.82, 2.24) is 10.6 Å². The van der Waals surface area contributed by atoms with Crippen LogP contribution in [0.5, 0.6) is 5.75 Å². The third-order valence-corrected chi connectivity index (χ3v) is 3.72. The Labute approximate surface area is 130 Å². The first-order chi connectivity index (χ1) is 9.11. The molecule has 2 N–H and O–H groups in total. The summed E-state index contributed by atoms with van der Waals surface area (Å²) in [6, 6.07) is 5.48. The molecule has 0 aliphatic carbocycles. The van der Waals surface area contributed by atoms with Gasteiger partial charge in [-0.2, -0.15) is 0 Å². The first-order valence-electron chi connectivity index (χ1n) is 6.49. The highest BCUT2D eigenvalue weighted by atomic mass is 35.5. The van der Waals surface area contributed by atoms with E-state index in [9.17, 15) is 4.79 Å². The second-order valence-electron chi connectivity index (χ2n) is 4.81. The smallest absolute Gasteiger partial charge is 0.255 e. The lowest BCUT2D eigenvalue weighted by molar-refractivity contribution is 0.0917. The average Bonchev–Trinajstić information content (AvgIpc) is 2.41. The monoisotopic (exact) mass is 318 g/mol. The molecule has 2 rings (SSSR count). The third-order valence-electron chi connectivity index (χ3n) is 3.48. The van der Waals surface area contributed by atoms with Crippen molar-refractivity contribution in [3.05, 3.63) is 28.8 Å². The summed E-state index contributed by atoms with van der Waals surface area (Å²) < 4.78 is 5.20. The predicted octanol–water partition coefficient (Wildman–Crippen LogP) is 2.64. The number of halogens is 2. The minimum atomic E-state index is -0.139. The van der Waals surface area contributed by atoms with Gasteiger partial charge < -0.3 is 15.4 Å². The van der Waals surface area contributed by atoms with Crippen LogP contribution in [0, 0.1) is 0 Å². The van der Waals surface area contributed by atoms with Crippen LogP contribution < -0.4 is 15.4 Å². The molecule has 1 saturated heterocycles.